The van der Waals surface area contributed by atoms with E-state index in [1.54, 1.807) is 4.90 Å². The summed E-state index contributed by atoms with van der Waals surface area (Å²) in [6, 6.07) is 16.4. The third-order valence-electron chi connectivity index (χ3n) is 8.65. The first kappa shape index (κ1) is 22.1. The van der Waals surface area contributed by atoms with Gasteiger partial charge in [0, 0.05) is 24.9 Å². The molecule has 2 aliphatic heterocycles. The van der Waals surface area contributed by atoms with Crippen molar-refractivity contribution < 1.29 is 24.2 Å². The summed E-state index contributed by atoms with van der Waals surface area (Å²) in [5.41, 5.74) is 3.67. The van der Waals surface area contributed by atoms with Gasteiger partial charge < -0.3 is 20.1 Å². The zero-order valence-electron chi connectivity index (χ0n) is 19.6. The van der Waals surface area contributed by atoms with Crippen LogP contribution in [0.15, 0.2) is 48.5 Å². The van der Waals surface area contributed by atoms with Crippen molar-refractivity contribution in [2.75, 3.05) is 19.7 Å². The third kappa shape index (κ3) is 3.68. The Hall–Kier alpha value is -3.35. The number of aliphatic carboxylic acids is 1. The summed E-state index contributed by atoms with van der Waals surface area (Å²) < 4.78 is 5.59. The van der Waals surface area contributed by atoms with Crippen molar-refractivity contribution in [3.05, 3.63) is 59.7 Å². The van der Waals surface area contributed by atoms with Gasteiger partial charge in [0.25, 0.3) is 0 Å². The number of hydrogen-bond donors (Lipinski definition) is 2. The highest BCUT2D eigenvalue weighted by Crippen LogP contribution is 2.48. The number of amides is 2. The van der Waals surface area contributed by atoms with E-state index in [2.05, 4.69) is 29.6 Å². The van der Waals surface area contributed by atoms with Crippen molar-refractivity contribution in [3.63, 3.8) is 0 Å². The van der Waals surface area contributed by atoms with Crippen LogP contribution in [0.1, 0.15) is 49.1 Å². The molecule has 0 radical (unpaired) electrons. The molecule has 2 aromatic rings. The van der Waals surface area contributed by atoms with Gasteiger partial charge in [0.2, 0.25) is 5.91 Å². The van der Waals surface area contributed by atoms with Crippen LogP contribution in [0.5, 0.6) is 0 Å². The molecule has 2 heterocycles. The van der Waals surface area contributed by atoms with E-state index in [4.69, 9.17) is 4.74 Å². The molecule has 0 aromatic heterocycles. The molecule has 2 amide bonds. The zero-order valence-corrected chi connectivity index (χ0v) is 19.6. The average Bonchev–Trinajstić information content (AvgIpc) is 3.61. The number of nitrogens with zero attached hydrogens (tertiary/aromatic N) is 1. The van der Waals surface area contributed by atoms with Crippen molar-refractivity contribution in [2.24, 2.45) is 17.8 Å². The normalized spacial score (nSPS) is 28.2. The Morgan fingerprint density at radius 2 is 1.63 bits per heavy atom. The van der Waals surface area contributed by atoms with E-state index < -0.39 is 17.6 Å². The van der Waals surface area contributed by atoms with Gasteiger partial charge in [-0.2, -0.15) is 0 Å². The van der Waals surface area contributed by atoms with Crippen molar-refractivity contribution in [1.29, 1.82) is 0 Å². The Morgan fingerprint density at radius 1 is 1.00 bits per heavy atom. The van der Waals surface area contributed by atoms with Gasteiger partial charge in [-0.15, -0.1) is 0 Å². The Balaban J connectivity index is 1.03. The number of carboxylic acid groups (broad SMARTS) is 1. The summed E-state index contributed by atoms with van der Waals surface area (Å²) in [4.78, 5) is 39.3. The SMILES string of the molecule is O=C(NCC1CC1C(=O)N1CC2CCC1(C(=O)O)CC2)OCC1c2ccccc2-c2ccccc21. The molecule has 2 aromatic carbocycles. The first-order valence-corrected chi connectivity index (χ1v) is 12.6. The largest absolute Gasteiger partial charge is 0.479 e. The van der Waals surface area contributed by atoms with Crippen LogP contribution in [0, 0.1) is 17.8 Å². The highest BCUT2D eigenvalue weighted by atomic mass is 16.5. The summed E-state index contributed by atoms with van der Waals surface area (Å²) in [6.07, 6.45) is 3.06. The number of nitrogens with one attached hydrogen (secondary N) is 1. The topological polar surface area (TPSA) is 95.9 Å². The lowest BCUT2D eigenvalue weighted by Crippen LogP contribution is -2.64. The molecule has 3 aliphatic carbocycles. The molecule has 2 saturated carbocycles. The summed E-state index contributed by atoms with van der Waals surface area (Å²) in [6.45, 7) is 1.17. The predicted octanol–water partition coefficient (Wildman–Crippen LogP) is 4.02. The third-order valence-corrected chi connectivity index (χ3v) is 8.65. The maximum atomic E-state index is 13.2. The fourth-order valence-electron chi connectivity index (χ4n) is 6.51. The number of carbonyl (C=O) groups is 3. The molecular formula is C28H30N2O5. The standard InChI is InChI=1S/C28H30N2O5/c31-25(30-15-17-9-11-28(30,12-10-17)26(32)33)23-13-18(23)14-29-27(34)35-16-24-21-7-3-1-5-19(21)20-6-2-4-8-22(20)24/h1-8,17-18,23-24H,9-16H2,(H,29,34)(H,32,33). The summed E-state index contributed by atoms with van der Waals surface area (Å²) >= 11 is 0. The number of carboxylic acids is 1. The summed E-state index contributed by atoms with van der Waals surface area (Å²) in [5.74, 6) is -0.690. The van der Waals surface area contributed by atoms with Gasteiger partial charge in [-0.1, -0.05) is 48.5 Å². The molecule has 2 unspecified atom stereocenters. The van der Waals surface area contributed by atoms with Crippen molar-refractivity contribution in [1.82, 2.24) is 10.2 Å². The Labute approximate surface area is 204 Å². The lowest BCUT2D eigenvalue weighted by atomic mass is 9.70. The van der Waals surface area contributed by atoms with Crippen molar-refractivity contribution in [3.8, 4) is 11.1 Å². The van der Waals surface area contributed by atoms with Gasteiger partial charge in [0.05, 0.1) is 0 Å². The summed E-state index contributed by atoms with van der Waals surface area (Å²) in [5, 5.41) is 12.7. The monoisotopic (exact) mass is 474 g/mol. The minimum atomic E-state index is -1.03. The van der Waals surface area contributed by atoms with Crippen LogP contribution in [0.25, 0.3) is 11.1 Å². The number of piperidine rings is 2. The number of ether oxygens (including phenoxy) is 1. The number of hydrogen-bond acceptors (Lipinski definition) is 4. The highest BCUT2D eigenvalue weighted by molar-refractivity contribution is 5.90. The van der Waals surface area contributed by atoms with E-state index >= 15 is 0 Å². The van der Waals surface area contributed by atoms with Gasteiger partial charge in [0.1, 0.15) is 12.1 Å². The number of carbonyl (C=O) groups excluding carboxylic acids is 2. The number of rotatable bonds is 6. The second-order valence-corrected chi connectivity index (χ2v) is 10.5. The molecule has 7 nitrogen and oxygen atoms in total. The molecule has 2 atom stereocenters. The van der Waals surface area contributed by atoms with Gasteiger partial charge in [-0.25, -0.2) is 9.59 Å². The fourth-order valence-corrected chi connectivity index (χ4v) is 6.51. The quantitative estimate of drug-likeness (QED) is 0.659. The lowest BCUT2D eigenvalue weighted by molar-refractivity contribution is -0.171. The Morgan fingerprint density at radius 3 is 2.26 bits per heavy atom. The van der Waals surface area contributed by atoms with Gasteiger partial charge in [-0.05, 0) is 66.2 Å². The fraction of sp³-hybridized carbons (Fsp3) is 0.464. The van der Waals surface area contributed by atoms with Crippen LogP contribution >= 0.6 is 0 Å². The van der Waals surface area contributed by atoms with Crippen LogP contribution < -0.4 is 5.32 Å². The van der Waals surface area contributed by atoms with Crippen molar-refractivity contribution in [2.45, 2.75) is 43.6 Å². The highest BCUT2D eigenvalue weighted by Gasteiger charge is 2.57. The molecule has 182 valence electrons. The lowest BCUT2D eigenvalue weighted by Gasteiger charge is -2.52. The molecular weight excluding hydrogens is 444 g/mol. The minimum absolute atomic E-state index is 0.00475. The maximum Gasteiger partial charge on any atom is 0.407 e. The number of benzene rings is 2. The van der Waals surface area contributed by atoms with E-state index in [-0.39, 0.29) is 30.3 Å². The molecule has 35 heavy (non-hydrogen) atoms. The van der Waals surface area contributed by atoms with Crippen LogP contribution in [0.2, 0.25) is 0 Å². The molecule has 2 N–H and O–H groups in total. The molecule has 7 heteroatoms. The van der Waals surface area contributed by atoms with Crippen LogP contribution in [-0.4, -0.2) is 53.2 Å². The van der Waals surface area contributed by atoms with Crippen molar-refractivity contribution >= 4 is 18.0 Å². The predicted molar refractivity (Wildman–Crippen MR) is 129 cm³/mol. The van der Waals surface area contributed by atoms with Gasteiger partial charge in [0.15, 0.2) is 0 Å². The second-order valence-electron chi connectivity index (χ2n) is 10.5. The number of alkyl carbamates (subject to hydrolysis) is 1. The first-order chi connectivity index (χ1) is 17.0. The van der Waals surface area contributed by atoms with Gasteiger partial charge >= 0.3 is 12.1 Å². The smallest absolute Gasteiger partial charge is 0.407 e. The molecule has 0 spiro atoms. The molecule has 2 saturated heterocycles. The maximum absolute atomic E-state index is 13.2. The van der Waals surface area contributed by atoms with E-state index in [9.17, 15) is 19.5 Å². The van der Waals surface area contributed by atoms with Crippen LogP contribution in [0.3, 0.4) is 0 Å². The zero-order chi connectivity index (χ0) is 24.2. The second kappa shape index (κ2) is 8.40. The number of fused-ring (bicyclic) bond motifs is 6. The first-order valence-electron chi connectivity index (χ1n) is 12.6. The molecule has 2 bridgehead atoms. The van der Waals surface area contributed by atoms with E-state index in [1.807, 2.05) is 24.3 Å². The Kier molecular flexibility index (Phi) is 5.31. The molecule has 4 fully saturated rings. The van der Waals surface area contributed by atoms with E-state index in [0.29, 0.717) is 38.3 Å². The molecule has 7 rings (SSSR count). The van der Waals surface area contributed by atoms with E-state index in [1.165, 1.54) is 11.1 Å². The van der Waals surface area contributed by atoms with Gasteiger partial charge in [-0.3, -0.25) is 4.79 Å². The van der Waals surface area contributed by atoms with Crippen LogP contribution in [-0.2, 0) is 14.3 Å². The van der Waals surface area contributed by atoms with Crippen LogP contribution in [0.4, 0.5) is 4.79 Å². The Bertz CT molecular complexity index is 1140. The van der Waals surface area contributed by atoms with E-state index in [0.717, 1.165) is 24.0 Å². The summed E-state index contributed by atoms with van der Waals surface area (Å²) in [7, 11) is 0. The molecule has 5 aliphatic rings. The minimum Gasteiger partial charge on any atom is -0.479 e. The average molecular weight is 475 g/mol.